The number of fused-ring (bicyclic) bond motifs is 1. The Morgan fingerprint density at radius 3 is 2.55 bits per heavy atom. The maximum atomic E-state index is 12.9. The van der Waals surface area contributed by atoms with Crippen molar-refractivity contribution in [3.63, 3.8) is 0 Å². The van der Waals surface area contributed by atoms with Crippen molar-refractivity contribution in [3.8, 4) is 5.69 Å². The Bertz CT molecular complexity index is 773. The lowest BCUT2D eigenvalue weighted by Gasteiger charge is -2.09. The number of nitrogens with one attached hydrogen (secondary N) is 1. The van der Waals surface area contributed by atoms with Crippen LogP contribution in [-0.4, -0.2) is 44.5 Å². The quantitative estimate of drug-likeness (QED) is 0.662. The smallest absolute Gasteiger partial charge is 0.123 e. The van der Waals surface area contributed by atoms with E-state index < -0.39 is 6.10 Å². The highest BCUT2D eigenvalue weighted by atomic mass is 19.1. The summed E-state index contributed by atoms with van der Waals surface area (Å²) in [7, 11) is 0. The number of hydrogen-bond donors (Lipinski definition) is 3. The van der Waals surface area contributed by atoms with Crippen LogP contribution in [0.5, 0.6) is 0 Å². The molecule has 0 spiro atoms. The van der Waals surface area contributed by atoms with E-state index in [1.807, 2.05) is 6.07 Å². The molecule has 0 aliphatic heterocycles. The second-order valence-electron chi connectivity index (χ2n) is 4.89. The molecular weight excluding hydrogens is 287 g/mol. The molecule has 3 N–H and O–H groups in total. The van der Waals surface area contributed by atoms with Crippen molar-refractivity contribution in [2.45, 2.75) is 6.10 Å². The Hall–Kier alpha value is -2.51. The fourth-order valence-electron chi connectivity index (χ4n) is 2.01. The van der Waals surface area contributed by atoms with Crippen LogP contribution in [0.4, 0.5) is 10.1 Å². The van der Waals surface area contributed by atoms with Crippen LogP contribution in [-0.2, 0) is 0 Å². The molecule has 0 amide bonds. The van der Waals surface area contributed by atoms with Gasteiger partial charge in [-0.15, -0.1) is 10.2 Å². The molecule has 1 atom stereocenters. The van der Waals surface area contributed by atoms with Gasteiger partial charge in [-0.2, -0.15) is 4.80 Å². The average Bonchev–Trinajstić information content (AvgIpc) is 2.96. The van der Waals surface area contributed by atoms with E-state index >= 15 is 0 Å². The van der Waals surface area contributed by atoms with E-state index in [1.165, 1.54) is 16.9 Å². The second-order valence-corrected chi connectivity index (χ2v) is 4.89. The summed E-state index contributed by atoms with van der Waals surface area (Å²) < 4.78 is 12.9. The van der Waals surface area contributed by atoms with Crippen LogP contribution < -0.4 is 5.32 Å². The second kappa shape index (κ2) is 6.08. The number of anilines is 1. The van der Waals surface area contributed by atoms with Crippen LogP contribution >= 0.6 is 0 Å². The molecule has 0 aliphatic carbocycles. The van der Waals surface area contributed by atoms with Gasteiger partial charge in [0.05, 0.1) is 18.4 Å². The molecule has 114 valence electrons. The number of aromatic nitrogens is 3. The molecule has 0 radical (unpaired) electrons. The van der Waals surface area contributed by atoms with Crippen molar-refractivity contribution in [2.75, 3.05) is 18.5 Å². The summed E-state index contributed by atoms with van der Waals surface area (Å²) in [4.78, 5) is 1.44. The van der Waals surface area contributed by atoms with E-state index in [0.717, 1.165) is 5.69 Å². The number of aliphatic hydroxyl groups is 2. The summed E-state index contributed by atoms with van der Waals surface area (Å²) in [6, 6.07) is 11.3. The van der Waals surface area contributed by atoms with E-state index in [0.29, 0.717) is 16.7 Å². The minimum atomic E-state index is -0.814. The molecule has 0 fully saturated rings. The van der Waals surface area contributed by atoms with Crippen LogP contribution in [0, 0.1) is 5.82 Å². The Morgan fingerprint density at radius 2 is 1.82 bits per heavy atom. The van der Waals surface area contributed by atoms with Crippen molar-refractivity contribution in [1.82, 2.24) is 15.0 Å². The summed E-state index contributed by atoms with van der Waals surface area (Å²) in [6.45, 7) is -0.0515. The lowest BCUT2D eigenvalue weighted by Crippen LogP contribution is -2.22. The van der Waals surface area contributed by atoms with Gasteiger partial charge in [0.25, 0.3) is 0 Å². The molecule has 1 unspecified atom stereocenters. The third-order valence-corrected chi connectivity index (χ3v) is 3.19. The highest BCUT2D eigenvalue weighted by molar-refractivity contribution is 5.78. The van der Waals surface area contributed by atoms with E-state index in [9.17, 15) is 9.50 Å². The molecule has 0 aliphatic rings. The van der Waals surface area contributed by atoms with E-state index in [1.54, 1.807) is 24.3 Å². The first kappa shape index (κ1) is 14.4. The number of benzene rings is 2. The molecule has 3 aromatic rings. The predicted molar refractivity (Wildman–Crippen MR) is 80.4 cm³/mol. The zero-order chi connectivity index (χ0) is 15.5. The standard InChI is InChI=1S/C15H15FN4O2/c16-10-1-4-12(5-2-10)20-18-14-6-3-11(7-15(14)19-20)17-8-13(22)9-21/h1-7,13,17,21-22H,8-9H2. The van der Waals surface area contributed by atoms with E-state index in [-0.39, 0.29) is 19.0 Å². The Kier molecular flexibility index (Phi) is 3.99. The maximum absolute atomic E-state index is 12.9. The fourth-order valence-corrected chi connectivity index (χ4v) is 2.01. The molecule has 0 saturated carbocycles. The fraction of sp³-hybridized carbons (Fsp3) is 0.200. The highest BCUT2D eigenvalue weighted by Gasteiger charge is 2.07. The minimum absolute atomic E-state index is 0.244. The molecule has 3 rings (SSSR count). The number of rotatable bonds is 5. The monoisotopic (exact) mass is 302 g/mol. The van der Waals surface area contributed by atoms with Crippen molar-refractivity contribution >= 4 is 16.7 Å². The summed E-state index contributed by atoms with van der Waals surface area (Å²) in [5, 5.41) is 29.8. The first-order valence-corrected chi connectivity index (χ1v) is 6.81. The van der Waals surface area contributed by atoms with Gasteiger partial charge in [0.1, 0.15) is 16.9 Å². The van der Waals surface area contributed by atoms with Crippen molar-refractivity contribution in [1.29, 1.82) is 0 Å². The van der Waals surface area contributed by atoms with Gasteiger partial charge < -0.3 is 15.5 Å². The molecule has 2 aromatic carbocycles. The minimum Gasteiger partial charge on any atom is -0.394 e. The molecule has 6 nitrogen and oxygen atoms in total. The van der Waals surface area contributed by atoms with Crippen LogP contribution in [0.25, 0.3) is 16.7 Å². The van der Waals surface area contributed by atoms with Gasteiger partial charge in [-0.1, -0.05) is 0 Å². The van der Waals surface area contributed by atoms with Crippen LogP contribution in [0.15, 0.2) is 42.5 Å². The lowest BCUT2D eigenvalue weighted by atomic mass is 10.2. The number of hydrogen-bond acceptors (Lipinski definition) is 5. The van der Waals surface area contributed by atoms with Gasteiger partial charge in [0, 0.05) is 12.2 Å². The number of nitrogens with zero attached hydrogens (tertiary/aromatic N) is 3. The van der Waals surface area contributed by atoms with E-state index in [4.69, 9.17) is 5.11 Å². The number of halogens is 1. The van der Waals surface area contributed by atoms with Gasteiger partial charge in [0.15, 0.2) is 0 Å². The molecule has 7 heteroatoms. The normalized spacial score (nSPS) is 12.5. The van der Waals surface area contributed by atoms with Gasteiger partial charge in [-0.25, -0.2) is 4.39 Å². The molecule has 22 heavy (non-hydrogen) atoms. The summed E-state index contributed by atoms with van der Waals surface area (Å²) in [5.41, 5.74) is 2.82. The van der Waals surface area contributed by atoms with Crippen molar-refractivity contribution in [3.05, 3.63) is 48.3 Å². The first-order valence-electron chi connectivity index (χ1n) is 6.81. The molecule has 0 saturated heterocycles. The first-order chi connectivity index (χ1) is 10.7. The highest BCUT2D eigenvalue weighted by Crippen LogP contribution is 2.17. The predicted octanol–water partition coefficient (Wildman–Crippen LogP) is 1.32. The van der Waals surface area contributed by atoms with Crippen molar-refractivity contribution in [2.24, 2.45) is 0 Å². The molecule has 0 bridgehead atoms. The Morgan fingerprint density at radius 1 is 1.09 bits per heavy atom. The third kappa shape index (κ3) is 3.05. The van der Waals surface area contributed by atoms with E-state index in [2.05, 4.69) is 15.5 Å². The zero-order valence-corrected chi connectivity index (χ0v) is 11.6. The topological polar surface area (TPSA) is 83.2 Å². The van der Waals surface area contributed by atoms with Crippen LogP contribution in [0.2, 0.25) is 0 Å². The van der Waals surface area contributed by atoms with Gasteiger partial charge in [-0.05, 0) is 42.5 Å². The van der Waals surface area contributed by atoms with Crippen LogP contribution in [0.1, 0.15) is 0 Å². The Labute approximate surface area is 125 Å². The lowest BCUT2D eigenvalue weighted by molar-refractivity contribution is 0.105. The van der Waals surface area contributed by atoms with Crippen LogP contribution in [0.3, 0.4) is 0 Å². The average molecular weight is 302 g/mol. The SMILES string of the molecule is OCC(O)CNc1ccc2nn(-c3ccc(F)cc3)nc2c1. The summed E-state index contributed by atoms with van der Waals surface area (Å²) >= 11 is 0. The summed E-state index contributed by atoms with van der Waals surface area (Å²) in [5.74, 6) is -0.311. The molecule has 1 aromatic heterocycles. The van der Waals surface area contributed by atoms with Gasteiger partial charge in [0.2, 0.25) is 0 Å². The molecule has 1 heterocycles. The Balaban J connectivity index is 1.85. The molecular formula is C15H15FN4O2. The van der Waals surface area contributed by atoms with Gasteiger partial charge >= 0.3 is 0 Å². The maximum Gasteiger partial charge on any atom is 0.123 e. The van der Waals surface area contributed by atoms with Crippen molar-refractivity contribution < 1.29 is 14.6 Å². The zero-order valence-electron chi connectivity index (χ0n) is 11.6. The van der Waals surface area contributed by atoms with Gasteiger partial charge in [-0.3, -0.25) is 0 Å². The number of aliphatic hydroxyl groups excluding tert-OH is 2. The summed E-state index contributed by atoms with van der Waals surface area (Å²) in [6.07, 6.45) is -0.814. The largest absolute Gasteiger partial charge is 0.394 e. The third-order valence-electron chi connectivity index (χ3n) is 3.19.